The Hall–Kier alpha value is -1.26. The molecule has 1 amide bonds. The maximum absolute atomic E-state index is 10.4. The lowest BCUT2D eigenvalue weighted by atomic mass is 10.8. The van der Waals surface area contributed by atoms with E-state index in [1.165, 1.54) is 0 Å². The summed E-state index contributed by atoms with van der Waals surface area (Å²) in [5.41, 5.74) is 4.38. The van der Waals surface area contributed by atoms with Crippen molar-refractivity contribution in [3.8, 4) is 12.3 Å². The normalized spacial score (nSPS) is 10.1. The fourth-order valence-electron chi connectivity index (χ4n) is 0.231. The Kier molecular flexibility index (Phi) is 3.36. The van der Waals surface area contributed by atoms with Crippen LogP contribution in [0.25, 0.3) is 0 Å². The summed E-state index contributed by atoms with van der Waals surface area (Å²) in [5.74, 6) is 1.86. The first kappa shape index (κ1) is 9.74. The van der Waals surface area contributed by atoms with Gasteiger partial charge in [-0.1, -0.05) is 5.92 Å². The predicted molar refractivity (Wildman–Crippen MR) is 34.4 cm³/mol. The van der Waals surface area contributed by atoms with Gasteiger partial charge in [0.1, 0.15) is 6.61 Å². The van der Waals surface area contributed by atoms with E-state index < -0.39 is 23.1 Å². The van der Waals surface area contributed by atoms with Gasteiger partial charge in [-0.2, -0.15) is 8.42 Å². The Morgan fingerprint density at radius 1 is 1.64 bits per heavy atom. The molecule has 0 aromatic carbocycles. The van der Waals surface area contributed by atoms with E-state index in [-0.39, 0.29) is 0 Å². The highest BCUT2D eigenvalue weighted by Gasteiger charge is 2.14. The van der Waals surface area contributed by atoms with Gasteiger partial charge in [-0.3, -0.25) is 0 Å². The molecule has 0 aromatic heterocycles. The summed E-state index contributed by atoms with van der Waals surface area (Å²) in [6, 6.07) is 0. The van der Waals surface area contributed by atoms with E-state index in [2.05, 4.69) is 20.5 Å². The molecule has 0 heterocycles. The van der Waals surface area contributed by atoms with Crippen molar-refractivity contribution in [1.29, 1.82) is 0 Å². The topological polar surface area (TPSA) is 95.7 Å². The van der Waals surface area contributed by atoms with Crippen LogP contribution in [0.2, 0.25) is 0 Å². The number of primary amides is 1. The van der Waals surface area contributed by atoms with E-state index in [1.54, 1.807) is 0 Å². The highest BCUT2D eigenvalue weighted by molar-refractivity contribution is 7.82. The van der Waals surface area contributed by atoms with Crippen molar-refractivity contribution in [2.45, 2.75) is 0 Å². The molecule has 0 aliphatic carbocycles. The molecule has 7 heteroatoms. The van der Waals surface area contributed by atoms with Gasteiger partial charge in [0.05, 0.1) is 0 Å². The second-order valence-corrected chi connectivity index (χ2v) is 2.50. The van der Waals surface area contributed by atoms with Crippen LogP contribution in [0.1, 0.15) is 0 Å². The number of nitrogens with two attached hydrogens (primary N) is 1. The van der Waals surface area contributed by atoms with Gasteiger partial charge in [0.15, 0.2) is 0 Å². The lowest BCUT2D eigenvalue weighted by molar-refractivity contribution is 0.198. The zero-order valence-corrected chi connectivity index (χ0v) is 6.13. The van der Waals surface area contributed by atoms with E-state index in [0.29, 0.717) is 0 Å². The number of carbonyl (C=O) groups excluding carboxylic acids is 1. The number of hydrogen-bond donors (Lipinski definition) is 1. The first-order valence-corrected chi connectivity index (χ1v) is 3.63. The third-order valence-electron chi connectivity index (χ3n) is 0.471. The summed E-state index contributed by atoms with van der Waals surface area (Å²) >= 11 is 0. The molecule has 62 valence electrons. The summed E-state index contributed by atoms with van der Waals surface area (Å²) in [5, 5.41) is 0. The molecule has 0 aliphatic heterocycles. The number of terminal acetylenes is 1. The SMILES string of the molecule is C#CCOS(=O)(=O)OC(N)=O. The second kappa shape index (κ2) is 3.80. The molecule has 0 spiro atoms. The van der Waals surface area contributed by atoms with Crippen LogP contribution in [0.15, 0.2) is 0 Å². The number of hydrogen-bond acceptors (Lipinski definition) is 5. The molecule has 11 heavy (non-hydrogen) atoms. The lowest BCUT2D eigenvalue weighted by Crippen LogP contribution is -2.20. The average molecular weight is 179 g/mol. The zero-order chi connectivity index (χ0) is 8.91. The van der Waals surface area contributed by atoms with Crippen molar-refractivity contribution in [1.82, 2.24) is 0 Å². The number of amides is 1. The molecule has 0 atom stereocenters. The Labute approximate surface area is 63.6 Å². The first-order valence-electron chi connectivity index (χ1n) is 2.29. The smallest absolute Gasteiger partial charge is 0.334 e. The van der Waals surface area contributed by atoms with Crippen molar-refractivity contribution >= 4 is 16.5 Å². The van der Waals surface area contributed by atoms with Crippen LogP contribution in [0.4, 0.5) is 4.79 Å². The van der Waals surface area contributed by atoms with E-state index in [0.717, 1.165) is 0 Å². The summed E-state index contributed by atoms with van der Waals surface area (Å²) in [4.78, 5) is 9.87. The maximum atomic E-state index is 10.4. The summed E-state index contributed by atoms with van der Waals surface area (Å²) in [6.07, 6.45) is 3.18. The Balaban J connectivity index is 4.05. The van der Waals surface area contributed by atoms with Crippen LogP contribution >= 0.6 is 0 Å². The third-order valence-corrected chi connectivity index (χ3v) is 1.25. The molecule has 0 rings (SSSR count). The number of rotatable bonds is 3. The van der Waals surface area contributed by atoms with E-state index in [9.17, 15) is 13.2 Å². The molecule has 0 aromatic rings. The van der Waals surface area contributed by atoms with Crippen molar-refractivity contribution in [3.05, 3.63) is 0 Å². The minimum Gasteiger partial charge on any atom is -0.334 e. The van der Waals surface area contributed by atoms with Gasteiger partial charge in [-0.25, -0.2) is 8.98 Å². The summed E-state index contributed by atoms with van der Waals surface area (Å²) < 4.78 is 28.2. The molecule has 0 aliphatic rings. The van der Waals surface area contributed by atoms with E-state index in [4.69, 9.17) is 0 Å². The van der Waals surface area contributed by atoms with Gasteiger partial charge in [-0.05, 0) is 0 Å². The molecule has 6 nitrogen and oxygen atoms in total. The van der Waals surface area contributed by atoms with Crippen LogP contribution in [0, 0.1) is 12.3 Å². The fraction of sp³-hybridized carbons (Fsp3) is 0.250. The van der Waals surface area contributed by atoms with Crippen molar-refractivity contribution in [3.63, 3.8) is 0 Å². The number of carbonyl (C=O) groups is 1. The highest BCUT2D eigenvalue weighted by atomic mass is 32.3. The zero-order valence-electron chi connectivity index (χ0n) is 5.31. The van der Waals surface area contributed by atoms with Gasteiger partial charge in [0.2, 0.25) is 0 Å². The predicted octanol–water partition coefficient (Wildman–Crippen LogP) is -1.02. The van der Waals surface area contributed by atoms with Crippen LogP contribution in [0.5, 0.6) is 0 Å². The van der Waals surface area contributed by atoms with Crippen LogP contribution < -0.4 is 5.73 Å². The van der Waals surface area contributed by atoms with Crippen LogP contribution in [0.3, 0.4) is 0 Å². The molecule has 2 N–H and O–H groups in total. The second-order valence-electron chi connectivity index (χ2n) is 1.28. The minimum absolute atomic E-state index is 0.504. The van der Waals surface area contributed by atoms with Gasteiger partial charge in [-0.15, -0.1) is 6.42 Å². The highest BCUT2D eigenvalue weighted by Crippen LogP contribution is 1.93. The van der Waals surface area contributed by atoms with E-state index >= 15 is 0 Å². The molecule has 0 radical (unpaired) electrons. The van der Waals surface area contributed by atoms with Gasteiger partial charge in [0, 0.05) is 0 Å². The van der Waals surface area contributed by atoms with Gasteiger partial charge < -0.3 is 9.92 Å². The average Bonchev–Trinajstić information content (AvgIpc) is 1.81. The lowest BCUT2D eigenvalue weighted by Gasteiger charge is -1.98. The Bertz CT molecular complexity index is 273. The quantitative estimate of drug-likeness (QED) is 0.559. The minimum atomic E-state index is -4.36. The molecule has 0 bridgehead atoms. The third kappa shape index (κ3) is 5.20. The van der Waals surface area contributed by atoms with Gasteiger partial charge >= 0.3 is 16.5 Å². The van der Waals surface area contributed by atoms with Crippen LogP contribution in [-0.4, -0.2) is 21.1 Å². The van der Waals surface area contributed by atoms with Crippen LogP contribution in [-0.2, 0) is 18.8 Å². The van der Waals surface area contributed by atoms with Gasteiger partial charge in [0.25, 0.3) is 0 Å². The monoisotopic (exact) mass is 179 g/mol. The van der Waals surface area contributed by atoms with Crippen molar-refractivity contribution in [2.24, 2.45) is 5.73 Å². The fourth-order valence-corrected chi connectivity index (χ4v) is 0.693. The van der Waals surface area contributed by atoms with Crippen molar-refractivity contribution in [2.75, 3.05) is 6.61 Å². The first-order chi connectivity index (χ1) is 4.98. The summed E-state index contributed by atoms with van der Waals surface area (Å²) in [6.45, 7) is -0.504. The molecule has 0 saturated carbocycles. The maximum Gasteiger partial charge on any atom is 0.453 e. The molecular weight excluding hydrogens is 174 g/mol. The Morgan fingerprint density at radius 2 is 2.18 bits per heavy atom. The summed E-state index contributed by atoms with van der Waals surface area (Å²) in [7, 11) is -4.36. The molecule has 0 saturated heterocycles. The van der Waals surface area contributed by atoms with E-state index in [1.807, 2.05) is 5.92 Å². The molecular formula is C4H5NO5S. The standard InChI is InChI=1S/C4H5NO5S/c1-2-3-9-11(7,8)10-4(5)6/h1H,3H2,(H2,5,6). The molecule has 0 unspecified atom stereocenters. The largest absolute Gasteiger partial charge is 0.453 e. The van der Waals surface area contributed by atoms with Crippen molar-refractivity contribution < 1.29 is 21.6 Å². The molecule has 0 fully saturated rings. The Morgan fingerprint density at radius 3 is 2.55 bits per heavy atom.